The fraction of sp³-hybridized carbons (Fsp3) is 0.583. The van der Waals surface area contributed by atoms with E-state index in [9.17, 15) is 4.79 Å². The molecule has 0 heterocycles. The van der Waals surface area contributed by atoms with Crippen molar-refractivity contribution in [3.63, 3.8) is 0 Å². The zero-order valence-corrected chi connectivity index (χ0v) is 10.1. The summed E-state index contributed by atoms with van der Waals surface area (Å²) in [6.07, 6.45) is 6.46. The largest absolute Gasteiger partial charge is 0.447 e. The molecule has 1 amide bonds. The maximum absolute atomic E-state index is 11.4. The highest BCUT2D eigenvalue weighted by Gasteiger charge is 2.24. The van der Waals surface area contributed by atoms with Crippen molar-refractivity contribution in [1.29, 1.82) is 0 Å². The summed E-state index contributed by atoms with van der Waals surface area (Å²) in [5.74, 6) is 0. The predicted molar refractivity (Wildman–Crippen MR) is 62.3 cm³/mol. The van der Waals surface area contributed by atoms with E-state index < -0.39 is 6.09 Å². The third kappa shape index (κ3) is 4.06. The van der Waals surface area contributed by atoms with Gasteiger partial charge in [-0.1, -0.05) is 23.8 Å². The van der Waals surface area contributed by atoms with Crippen LogP contribution >= 0.6 is 0 Å². The number of amides is 1. The summed E-state index contributed by atoms with van der Waals surface area (Å²) in [4.78, 5) is 11.4. The lowest BCUT2D eigenvalue weighted by Crippen LogP contribution is -2.45. The van der Waals surface area contributed by atoms with Crippen LogP contribution < -0.4 is 5.32 Å². The molecule has 0 aliphatic heterocycles. The lowest BCUT2D eigenvalue weighted by molar-refractivity contribution is 0.0945. The topological polar surface area (TPSA) is 47.6 Å². The van der Waals surface area contributed by atoms with Crippen LogP contribution in [0.25, 0.3) is 0 Å². The van der Waals surface area contributed by atoms with Gasteiger partial charge in [-0.15, -0.1) is 0 Å². The SMILES string of the molecule is COCCOC(=O)NC1(C)C=CC(C)=CC1. The molecule has 0 aromatic carbocycles. The molecule has 1 rings (SSSR count). The van der Waals surface area contributed by atoms with Gasteiger partial charge < -0.3 is 14.8 Å². The van der Waals surface area contributed by atoms with Gasteiger partial charge in [0.05, 0.1) is 12.1 Å². The fourth-order valence-corrected chi connectivity index (χ4v) is 1.40. The second-order valence-corrected chi connectivity index (χ2v) is 4.16. The number of hydrogen-bond donors (Lipinski definition) is 1. The quantitative estimate of drug-likeness (QED) is 0.745. The molecule has 0 saturated carbocycles. The van der Waals surface area contributed by atoms with Crippen LogP contribution in [-0.2, 0) is 9.47 Å². The Balaban J connectivity index is 2.36. The highest BCUT2D eigenvalue weighted by atomic mass is 16.6. The second-order valence-electron chi connectivity index (χ2n) is 4.16. The van der Waals surface area contributed by atoms with Gasteiger partial charge in [-0.25, -0.2) is 4.79 Å². The highest BCUT2D eigenvalue weighted by Crippen LogP contribution is 2.20. The molecule has 0 radical (unpaired) electrons. The monoisotopic (exact) mass is 225 g/mol. The number of rotatable bonds is 4. The average Bonchev–Trinajstić information content (AvgIpc) is 2.23. The van der Waals surface area contributed by atoms with E-state index in [0.29, 0.717) is 6.61 Å². The van der Waals surface area contributed by atoms with Gasteiger partial charge in [0.15, 0.2) is 0 Å². The summed E-state index contributed by atoms with van der Waals surface area (Å²) >= 11 is 0. The van der Waals surface area contributed by atoms with Crippen molar-refractivity contribution in [2.45, 2.75) is 25.8 Å². The maximum Gasteiger partial charge on any atom is 0.407 e. The maximum atomic E-state index is 11.4. The molecule has 16 heavy (non-hydrogen) atoms. The minimum absolute atomic E-state index is 0.275. The predicted octanol–water partition coefficient (Wildman–Crippen LogP) is 2.02. The molecule has 0 aromatic rings. The number of alkyl carbamates (subject to hydrolysis) is 1. The zero-order valence-electron chi connectivity index (χ0n) is 10.1. The smallest absolute Gasteiger partial charge is 0.407 e. The van der Waals surface area contributed by atoms with E-state index in [4.69, 9.17) is 9.47 Å². The van der Waals surface area contributed by atoms with Crippen LogP contribution in [0.1, 0.15) is 20.3 Å². The van der Waals surface area contributed by atoms with Gasteiger partial charge >= 0.3 is 6.09 Å². The zero-order chi connectivity index (χ0) is 12.0. The van der Waals surface area contributed by atoms with Crippen LogP contribution in [0.4, 0.5) is 4.79 Å². The minimum Gasteiger partial charge on any atom is -0.447 e. The molecule has 1 aliphatic rings. The van der Waals surface area contributed by atoms with Crippen LogP contribution in [0.3, 0.4) is 0 Å². The minimum atomic E-state index is -0.405. The highest BCUT2D eigenvalue weighted by molar-refractivity contribution is 5.69. The van der Waals surface area contributed by atoms with Crippen molar-refractivity contribution in [3.05, 3.63) is 23.8 Å². The van der Waals surface area contributed by atoms with Crippen molar-refractivity contribution >= 4 is 6.09 Å². The van der Waals surface area contributed by atoms with E-state index in [1.807, 2.05) is 26.0 Å². The summed E-state index contributed by atoms with van der Waals surface area (Å²) in [6, 6.07) is 0. The molecule has 4 nitrogen and oxygen atoms in total. The molecule has 4 heteroatoms. The molecule has 0 bridgehead atoms. The summed E-state index contributed by atoms with van der Waals surface area (Å²) in [5.41, 5.74) is 0.871. The first-order valence-corrected chi connectivity index (χ1v) is 5.36. The van der Waals surface area contributed by atoms with Crippen LogP contribution in [0.15, 0.2) is 23.8 Å². The number of allylic oxidation sites excluding steroid dienone is 2. The Hall–Kier alpha value is -1.29. The van der Waals surface area contributed by atoms with E-state index in [2.05, 4.69) is 11.4 Å². The Bertz CT molecular complexity index is 309. The van der Waals surface area contributed by atoms with Gasteiger partial charge in [0.1, 0.15) is 6.61 Å². The van der Waals surface area contributed by atoms with E-state index in [-0.39, 0.29) is 12.1 Å². The molecule has 90 valence electrons. The van der Waals surface area contributed by atoms with Gasteiger partial charge in [0.25, 0.3) is 0 Å². The summed E-state index contributed by atoms with van der Waals surface area (Å²) in [5, 5.41) is 2.83. The van der Waals surface area contributed by atoms with Crippen LogP contribution in [0.5, 0.6) is 0 Å². The number of carbonyl (C=O) groups is 1. The van der Waals surface area contributed by atoms with E-state index in [1.54, 1.807) is 7.11 Å². The van der Waals surface area contributed by atoms with Crippen molar-refractivity contribution in [3.8, 4) is 0 Å². The molecule has 0 fully saturated rings. The Morgan fingerprint density at radius 1 is 1.56 bits per heavy atom. The van der Waals surface area contributed by atoms with E-state index >= 15 is 0 Å². The van der Waals surface area contributed by atoms with Gasteiger partial charge in [-0.3, -0.25) is 0 Å². The first-order valence-electron chi connectivity index (χ1n) is 5.36. The van der Waals surface area contributed by atoms with Gasteiger partial charge in [0, 0.05) is 7.11 Å². The third-order valence-corrected chi connectivity index (χ3v) is 2.47. The second kappa shape index (κ2) is 5.70. The number of hydrogen-bond acceptors (Lipinski definition) is 3. The Labute approximate surface area is 96.3 Å². The van der Waals surface area contributed by atoms with Crippen molar-refractivity contribution in [2.24, 2.45) is 0 Å². The van der Waals surface area contributed by atoms with Crippen LogP contribution in [-0.4, -0.2) is 32.0 Å². The normalized spacial score (nSPS) is 23.8. The van der Waals surface area contributed by atoms with Gasteiger partial charge in [-0.05, 0) is 20.3 Å². The van der Waals surface area contributed by atoms with Crippen molar-refractivity contribution in [2.75, 3.05) is 20.3 Å². The van der Waals surface area contributed by atoms with E-state index in [1.165, 1.54) is 5.57 Å². The molecule has 1 aliphatic carbocycles. The molecular weight excluding hydrogens is 206 g/mol. The standard InChI is InChI=1S/C12H19NO3/c1-10-4-6-12(2,7-5-10)13-11(14)16-9-8-15-3/h4-6H,7-9H2,1-3H3,(H,13,14). The number of carbonyl (C=O) groups excluding carboxylic acids is 1. The van der Waals surface area contributed by atoms with Crippen molar-refractivity contribution < 1.29 is 14.3 Å². The molecule has 1 atom stereocenters. The molecule has 0 spiro atoms. The van der Waals surface area contributed by atoms with Gasteiger partial charge in [-0.2, -0.15) is 0 Å². The van der Waals surface area contributed by atoms with Crippen molar-refractivity contribution in [1.82, 2.24) is 5.32 Å². The lowest BCUT2D eigenvalue weighted by Gasteiger charge is -2.28. The fourth-order valence-electron chi connectivity index (χ4n) is 1.40. The molecular formula is C12H19NO3. The average molecular weight is 225 g/mol. The Morgan fingerprint density at radius 3 is 2.88 bits per heavy atom. The summed E-state index contributed by atoms with van der Waals surface area (Å²) in [7, 11) is 1.57. The molecule has 1 N–H and O–H groups in total. The number of methoxy groups -OCH3 is 1. The molecule has 0 saturated heterocycles. The lowest BCUT2D eigenvalue weighted by atomic mass is 9.91. The molecule has 0 aromatic heterocycles. The van der Waals surface area contributed by atoms with E-state index in [0.717, 1.165) is 6.42 Å². The summed E-state index contributed by atoms with van der Waals surface area (Å²) < 4.78 is 9.74. The Morgan fingerprint density at radius 2 is 2.31 bits per heavy atom. The Kier molecular flexibility index (Phi) is 4.55. The number of ether oxygens (including phenoxy) is 2. The number of nitrogens with one attached hydrogen (secondary N) is 1. The molecule has 1 unspecified atom stereocenters. The van der Waals surface area contributed by atoms with Gasteiger partial charge in [0.2, 0.25) is 0 Å². The third-order valence-electron chi connectivity index (χ3n) is 2.47. The van der Waals surface area contributed by atoms with Crippen LogP contribution in [0, 0.1) is 0 Å². The first-order chi connectivity index (χ1) is 7.56. The summed E-state index contributed by atoms with van der Waals surface area (Å²) in [6.45, 7) is 4.69. The first kappa shape index (κ1) is 12.8. The van der Waals surface area contributed by atoms with Crippen LogP contribution in [0.2, 0.25) is 0 Å².